The van der Waals surface area contributed by atoms with Crippen LogP contribution in [-0.2, 0) is 4.79 Å². The zero-order chi connectivity index (χ0) is 28.1. The smallest absolute Gasteiger partial charge is 0.254 e. The van der Waals surface area contributed by atoms with Crippen molar-refractivity contribution in [3.05, 3.63) is 89.6 Å². The lowest BCUT2D eigenvalue weighted by molar-refractivity contribution is -0.120. The fourth-order valence-electron chi connectivity index (χ4n) is 4.90. The van der Waals surface area contributed by atoms with Crippen LogP contribution < -0.4 is 10.6 Å². The Balaban J connectivity index is 1.39. The number of nitrogens with one attached hydrogen (secondary N) is 3. The van der Waals surface area contributed by atoms with Gasteiger partial charge in [0.1, 0.15) is 11.3 Å². The summed E-state index contributed by atoms with van der Waals surface area (Å²) < 4.78 is 0. The second kappa shape index (κ2) is 12.1. The highest BCUT2D eigenvalue weighted by atomic mass is 16.2. The third-order valence-corrected chi connectivity index (χ3v) is 7.32. The molecule has 204 valence electrons. The minimum atomic E-state index is -0.337. The number of aromatic amines is 1. The van der Waals surface area contributed by atoms with Crippen molar-refractivity contribution < 1.29 is 9.59 Å². The molecule has 0 radical (unpaired) electrons. The fourth-order valence-corrected chi connectivity index (χ4v) is 4.90. The highest BCUT2D eigenvalue weighted by molar-refractivity contribution is 6.04. The van der Waals surface area contributed by atoms with Gasteiger partial charge < -0.3 is 15.6 Å². The van der Waals surface area contributed by atoms with Crippen molar-refractivity contribution in [2.45, 2.75) is 52.0 Å². The van der Waals surface area contributed by atoms with Crippen LogP contribution in [0.1, 0.15) is 65.7 Å². The maximum Gasteiger partial charge on any atom is 0.254 e. The molecule has 0 saturated carbocycles. The molecule has 2 amide bonds. The van der Waals surface area contributed by atoms with Crippen LogP contribution in [0.25, 0.3) is 33.1 Å². The third-order valence-electron chi connectivity index (χ3n) is 7.32. The van der Waals surface area contributed by atoms with Gasteiger partial charge in [-0.25, -0.2) is 15.0 Å². The van der Waals surface area contributed by atoms with Gasteiger partial charge in [-0.1, -0.05) is 55.3 Å². The maximum atomic E-state index is 13.6. The second-order valence-electron chi connectivity index (χ2n) is 10.1. The predicted octanol–water partition coefficient (Wildman–Crippen LogP) is 5.96. The molecule has 0 saturated heterocycles. The lowest BCUT2D eigenvalue weighted by Gasteiger charge is -2.18. The number of benzene rings is 3. The number of para-hydroxylation sites is 1. The molecule has 0 fully saturated rings. The summed E-state index contributed by atoms with van der Waals surface area (Å²) in [5.41, 5.74) is 5.33. The van der Waals surface area contributed by atoms with Crippen molar-refractivity contribution in [3.8, 4) is 11.3 Å². The number of aryl methyl sites for hydroxylation is 2. The molecule has 2 aromatic heterocycles. The quantitative estimate of drug-likeness (QED) is 0.192. The summed E-state index contributed by atoms with van der Waals surface area (Å²) in [5.74, 6) is 0.516. The molecule has 0 spiro atoms. The average molecular weight is 535 g/mol. The molecule has 0 aliphatic rings. The SMILES string of the molecule is CNC(=O)CCCCCC(NC(=O)c1cccc2nc(C)c(C)nc12)c1ncc(-c2ccc3ccccc3c2)[nH]1. The minimum absolute atomic E-state index is 0.0403. The molecular weight excluding hydrogens is 500 g/mol. The molecule has 1 unspecified atom stereocenters. The normalized spacial score (nSPS) is 12.0. The molecule has 5 rings (SSSR count). The van der Waals surface area contributed by atoms with E-state index < -0.39 is 0 Å². The largest absolute Gasteiger partial charge is 0.359 e. The van der Waals surface area contributed by atoms with Crippen molar-refractivity contribution in [2.24, 2.45) is 0 Å². The van der Waals surface area contributed by atoms with E-state index >= 15 is 0 Å². The van der Waals surface area contributed by atoms with Gasteiger partial charge in [0.15, 0.2) is 0 Å². The summed E-state index contributed by atoms with van der Waals surface area (Å²) in [5, 5.41) is 8.20. The molecule has 0 aliphatic heterocycles. The first-order chi connectivity index (χ1) is 19.4. The molecule has 8 nitrogen and oxygen atoms in total. The second-order valence-corrected chi connectivity index (χ2v) is 10.1. The van der Waals surface area contributed by atoms with Crippen molar-refractivity contribution in [1.29, 1.82) is 0 Å². The number of carbonyl (C=O) groups excluding carboxylic acids is 2. The molecule has 5 aromatic rings. The Hall–Kier alpha value is -4.59. The number of imidazole rings is 1. The fraction of sp³-hybridized carbons (Fsp3) is 0.281. The Morgan fingerprint density at radius 1 is 0.900 bits per heavy atom. The van der Waals surface area contributed by atoms with Crippen molar-refractivity contribution >= 4 is 33.6 Å². The Morgan fingerprint density at radius 3 is 2.52 bits per heavy atom. The Morgan fingerprint density at radius 2 is 1.70 bits per heavy atom. The van der Waals surface area contributed by atoms with Crippen LogP contribution in [0.4, 0.5) is 0 Å². The summed E-state index contributed by atoms with van der Waals surface area (Å²) in [6.07, 6.45) is 5.49. The standard InChI is InChI=1S/C32H34N6O2/c1-20-21(2)36-30-25(12-9-14-26(30)35-20)32(40)38-27(13-5-4-6-15-29(39)33-3)31-34-19-28(37-31)24-17-16-22-10-7-8-11-23(22)18-24/h7-12,14,16-19,27H,4-6,13,15H2,1-3H3,(H,33,39)(H,34,37)(H,38,40). The Kier molecular flexibility index (Phi) is 8.15. The number of H-pyrrole nitrogens is 1. The maximum absolute atomic E-state index is 13.6. The van der Waals surface area contributed by atoms with Crippen LogP contribution in [-0.4, -0.2) is 38.8 Å². The number of hydrogen-bond donors (Lipinski definition) is 3. The molecule has 40 heavy (non-hydrogen) atoms. The topological polar surface area (TPSA) is 113 Å². The van der Waals surface area contributed by atoms with E-state index in [2.05, 4.69) is 60.9 Å². The predicted molar refractivity (Wildman–Crippen MR) is 158 cm³/mol. The van der Waals surface area contributed by atoms with Gasteiger partial charge in [-0.2, -0.15) is 0 Å². The zero-order valence-electron chi connectivity index (χ0n) is 23.1. The Bertz CT molecular complexity index is 1680. The van der Waals surface area contributed by atoms with Crippen LogP contribution in [0.5, 0.6) is 0 Å². The number of carbonyl (C=O) groups is 2. The first-order valence-electron chi connectivity index (χ1n) is 13.7. The molecule has 2 heterocycles. The van der Waals surface area contributed by atoms with E-state index in [1.54, 1.807) is 13.1 Å². The number of aromatic nitrogens is 4. The monoisotopic (exact) mass is 534 g/mol. The van der Waals surface area contributed by atoms with Crippen LogP contribution in [0.15, 0.2) is 66.9 Å². The Labute approximate surface area is 233 Å². The molecular formula is C32H34N6O2. The van der Waals surface area contributed by atoms with Gasteiger partial charge in [-0.05, 0) is 55.7 Å². The van der Waals surface area contributed by atoms with E-state index in [1.165, 1.54) is 5.39 Å². The van der Waals surface area contributed by atoms with Gasteiger partial charge in [0.2, 0.25) is 5.91 Å². The number of unbranched alkanes of at least 4 members (excludes halogenated alkanes) is 2. The van der Waals surface area contributed by atoms with E-state index in [0.29, 0.717) is 35.3 Å². The molecule has 8 heteroatoms. The third kappa shape index (κ3) is 6.01. The van der Waals surface area contributed by atoms with E-state index in [-0.39, 0.29) is 17.9 Å². The average Bonchev–Trinajstić information content (AvgIpc) is 3.46. The van der Waals surface area contributed by atoms with Crippen molar-refractivity contribution in [2.75, 3.05) is 7.05 Å². The molecule has 3 aromatic carbocycles. The van der Waals surface area contributed by atoms with E-state index in [1.807, 2.05) is 44.3 Å². The number of nitrogens with zero attached hydrogens (tertiary/aromatic N) is 3. The summed E-state index contributed by atoms with van der Waals surface area (Å²) in [6, 6.07) is 19.7. The van der Waals surface area contributed by atoms with E-state index in [0.717, 1.165) is 47.3 Å². The first-order valence-corrected chi connectivity index (χ1v) is 13.7. The molecule has 0 aliphatic carbocycles. The van der Waals surface area contributed by atoms with Crippen molar-refractivity contribution in [3.63, 3.8) is 0 Å². The molecule has 1 atom stereocenters. The summed E-state index contributed by atoms with van der Waals surface area (Å²) in [6.45, 7) is 3.81. The number of amides is 2. The van der Waals surface area contributed by atoms with Gasteiger partial charge in [0, 0.05) is 19.0 Å². The van der Waals surface area contributed by atoms with Crippen LogP contribution in [0.2, 0.25) is 0 Å². The summed E-state index contributed by atoms with van der Waals surface area (Å²) in [4.78, 5) is 42.6. The first kappa shape index (κ1) is 27.0. The minimum Gasteiger partial charge on any atom is -0.359 e. The zero-order valence-corrected chi connectivity index (χ0v) is 23.1. The lowest BCUT2D eigenvalue weighted by Crippen LogP contribution is -2.29. The van der Waals surface area contributed by atoms with Crippen molar-refractivity contribution in [1.82, 2.24) is 30.6 Å². The number of fused-ring (bicyclic) bond motifs is 2. The van der Waals surface area contributed by atoms with Gasteiger partial charge in [-0.15, -0.1) is 0 Å². The van der Waals surface area contributed by atoms with Crippen LogP contribution in [0, 0.1) is 13.8 Å². The number of hydrogen-bond acceptors (Lipinski definition) is 5. The van der Waals surface area contributed by atoms with Gasteiger partial charge in [-0.3, -0.25) is 9.59 Å². The van der Waals surface area contributed by atoms with Gasteiger partial charge in [0.25, 0.3) is 5.91 Å². The summed E-state index contributed by atoms with van der Waals surface area (Å²) in [7, 11) is 1.65. The number of rotatable bonds is 10. The van der Waals surface area contributed by atoms with Crippen LogP contribution in [0.3, 0.4) is 0 Å². The van der Waals surface area contributed by atoms with E-state index in [9.17, 15) is 9.59 Å². The highest BCUT2D eigenvalue weighted by Crippen LogP contribution is 2.26. The van der Waals surface area contributed by atoms with Gasteiger partial charge >= 0.3 is 0 Å². The highest BCUT2D eigenvalue weighted by Gasteiger charge is 2.21. The molecule has 3 N–H and O–H groups in total. The van der Waals surface area contributed by atoms with E-state index in [4.69, 9.17) is 0 Å². The van der Waals surface area contributed by atoms with Crippen LogP contribution >= 0.6 is 0 Å². The molecule has 0 bridgehead atoms. The lowest BCUT2D eigenvalue weighted by atomic mass is 10.0. The summed E-state index contributed by atoms with van der Waals surface area (Å²) >= 11 is 0. The van der Waals surface area contributed by atoms with Gasteiger partial charge in [0.05, 0.1) is 40.4 Å².